The minimum atomic E-state index is -0.628. The van der Waals surface area contributed by atoms with Crippen LogP contribution in [-0.4, -0.2) is 53.9 Å². The zero-order valence-corrected chi connectivity index (χ0v) is 37.6. The number of hydrogen-bond donors (Lipinski definition) is 4. The van der Waals surface area contributed by atoms with Crippen molar-refractivity contribution in [1.29, 1.82) is 0 Å². The van der Waals surface area contributed by atoms with E-state index in [0.717, 1.165) is 83.6 Å². The van der Waals surface area contributed by atoms with Gasteiger partial charge in [-0.15, -0.1) is 0 Å². The number of allylic oxidation sites excluding steroid dienone is 1. The first-order valence-corrected chi connectivity index (χ1v) is 22.9. The molecule has 5 aliphatic carbocycles. The number of carbonyl (C=O) groups excluding carboxylic acids is 3. The first kappa shape index (κ1) is 45.0. The summed E-state index contributed by atoms with van der Waals surface area (Å²) < 4.78 is 5.34. The van der Waals surface area contributed by atoms with Crippen molar-refractivity contribution in [3.8, 4) is 0 Å². The molecule has 320 valence electrons. The van der Waals surface area contributed by atoms with E-state index >= 15 is 0 Å². The van der Waals surface area contributed by atoms with Crippen LogP contribution in [0.4, 0.5) is 4.79 Å². The average Bonchev–Trinajstić information content (AvgIpc) is 3.50. The van der Waals surface area contributed by atoms with Crippen LogP contribution in [0.25, 0.3) is 0 Å². The van der Waals surface area contributed by atoms with Gasteiger partial charge in [0.2, 0.25) is 11.8 Å². The fraction of sp³-hybridized carbons (Fsp3) is 0.896. The molecular formula is C48H83N3O5. The number of alkyl carbamates (subject to hydrolysis) is 1. The van der Waals surface area contributed by atoms with E-state index < -0.39 is 17.7 Å². The lowest BCUT2D eigenvalue weighted by Gasteiger charge is -2.72. The Labute approximate surface area is 341 Å². The largest absolute Gasteiger partial charge is 0.444 e. The predicted molar refractivity (Wildman–Crippen MR) is 227 cm³/mol. The van der Waals surface area contributed by atoms with Crippen LogP contribution in [0.2, 0.25) is 0 Å². The molecule has 0 aromatic rings. The number of aliphatic hydroxyl groups is 1. The van der Waals surface area contributed by atoms with Gasteiger partial charge in [0, 0.05) is 13.1 Å². The minimum Gasteiger partial charge on any atom is -0.444 e. The van der Waals surface area contributed by atoms with Crippen LogP contribution in [0.15, 0.2) is 12.2 Å². The first-order valence-electron chi connectivity index (χ1n) is 22.9. The summed E-state index contributed by atoms with van der Waals surface area (Å²) in [5, 5.41) is 20.3. The van der Waals surface area contributed by atoms with E-state index in [1.54, 1.807) is 0 Å². The van der Waals surface area contributed by atoms with Crippen LogP contribution in [0.5, 0.6) is 0 Å². The van der Waals surface area contributed by atoms with Crippen molar-refractivity contribution in [1.82, 2.24) is 16.0 Å². The standard InChI is InChI=1S/C48H83N3O5/c1-31(2)33-21-26-48(41(54)50-30-18-16-14-13-15-17-29-49-40(53)39(32(3)4)51-42(55)56-43(5,6)7)28-27-46(11)34(38(33)48)19-20-36-45(10)24-23-37(52)44(8,9)35(45)22-25-47(36,46)12/h32-39,52H,1,13-30H2,2-12H3,(H,49,53)(H,50,54)(H,51,55)/t33-,34+,35-,36+,37-,38+,39-,45-,46+,47+,48-/m0/s1. The van der Waals surface area contributed by atoms with Crippen molar-refractivity contribution in [2.24, 2.45) is 62.6 Å². The maximum atomic E-state index is 14.5. The fourth-order valence-corrected chi connectivity index (χ4v) is 14.1. The molecule has 0 saturated heterocycles. The number of ether oxygens (including phenoxy) is 1. The fourth-order valence-electron chi connectivity index (χ4n) is 14.1. The summed E-state index contributed by atoms with van der Waals surface area (Å²) in [6.07, 6.45) is 16.6. The molecule has 0 unspecified atom stereocenters. The monoisotopic (exact) mass is 782 g/mol. The third kappa shape index (κ3) is 8.35. The quantitative estimate of drug-likeness (QED) is 0.103. The Morgan fingerprint density at radius 3 is 2.00 bits per heavy atom. The molecule has 5 saturated carbocycles. The lowest BCUT2D eigenvalue weighted by atomic mass is 9.32. The second-order valence-corrected chi connectivity index (χ2v) is 22.3. The van der Waals surface area contributed by atoms with Crippen molar-refractivity contribution < 1.29 is 24.2 Å². The SMILES string of the molecule is C=C(C)[C@@H]1CC[C@]2(C(=O)NCCCCCCCCNC(=O)[C@@H](NC(=O)OC(C)(C)C)C(C)C)CC[C@]3(C)[C@H](CC[C@@H]4[C@@]5(C)CC[C@H](O)C(C)(C)[C@@H]5CC[C@]43C)[C@@H]12. The number of nitrogens with one attached hydrogen (secondary N) is 3. The highest BCUT2D eigenvalue weighted by molar-refractivity contribution is 5.86. The van der Waals surface area contributed by atoms with Gasteiger partial charge in [-0.3, -0.25) is 9.59 Å². The van der Waals surface area contributed by atoms with Crippen molar-refractivity contribution in [2.45, 2.75) is 197 Å². The number of aliphatic hydroxyl groups excluding tert-OH is 1. The van der Waals surface area contributed by atoms with E-state index in [1.165, 1.54) is 31.3 Å². The molecule has 5 fully saturated rings. The maximum absolute atomic E-state index is 14.5. The molecule has 0 bridgehead atoms. The predicted octanol–water partition coefficient (Wildman–Crippen LogP) is 10.1. The molecule has 4 N–H and O–H groups in total. The van der Waals surface area contributed by atoms with E-state index in [9.17, 15) is 19.5 Å². The summed E-state index contributed by atoms with van der Waals surface area (Å²) in [7, 11) is 0. The van der Waals surface area contributed by atoms with Gasteiger partial charge in [-0.25, -0.2) is 4.79 Å². The van der Waals surface area contributed by atoms with Crippen molar-refractivity contribution in [3.05, 3.63) is 12.2 Å². The van der Waals surface area contributed by atoms with E-state index in [-0.39, 0.29) is 45.0 Å². The van der Waals surface area contributed by atoms with Gasteiger partial charge in [0.25, 0.3) is 0 Å². The van der Waals surface area contributed by atoms with Crippen molar-refractivity contribution in [2.75, 3.05) is 13.1 Å². The summed E-state index contributed by atoms with van der Waals surface area (Å²) in [5.41, 5.74) is 1.04. The van der Waals surface area contributed by atoms with Gasteiger partial charge in [0.15, 0.2) is 0 Å². The lowest BCUT2D eigenvalue weighted by Crippen LogP contribution is -2.67. The molecule has 0 heterocycles. The van der Waals surface area contributed by atoms with Gasteiger partial charge < -0.3 is 25.8 Å². The molecule has 8 heteroatoms. The Bertz CT molecular complexity index is 1440. The number of carbonyl (C=O) groups is 3. The molecule has 56 heavy (non-hydrogen) atoms. The first-order chi connectivity index (χ1) is 26.0. The van der Waals surface area contributed by atoms with Crippen LogP contribution in [0.3, 0.4) is 0 Å². The maximum Gasteiger partial charge on any atom is 0.408 e. The average molecular weight is 782 g/mol. The molecule has 0 aromatic heterocycles. The normalized spacial score (nSPS) is 37.9. The van der Waals surface area contributed by atoms with Gasteiger partial charge in [-0.1, -0.05) is 86.3 Å². The Morgan fingerprint density at radius 2 is 1.39 bits per heavy atom. The van der Waals surface area contributed by atoms with Gasteiger partial charge in [0.05, 0.1) is 11.5 Å². The molecule has 5 rings (SSSR count). The molecule has 8 nitrogen and oxygen atoms in total. The third-order valence-corrected chi connectivity index (χ3v) is 17.3. The highest BCUT2D eigenvalue weighted by Gasteiger charge is 2.71. The number of fused-ring (bicyclic) bond motifs is 7. The number of rotatable bonds is 14. The smallest absolute Gasteiger partial charge is 0.408 e. The summed E-state index contributed by atoms with van der Waals surface area (Å²) in [4.78, 5) is 39.5. The van der Waals surface area contributed by atoms with Crippen molar-refractivity contribution in [3.63, 3.8) is 0 Å². The molecule has 0 aromatic carbocycles. The highest BCUT2D eigenvalue weighted by atomic mass is 16.6. The van der Waals surface area contributed by atoms with E-state index in [2.05, 4.69) is 64.1 Å². The van der Waals surface area contributed by atoms with Crippen LogP contribution in [0, 0.1) is 62.6 Å². The Hall–Kier alpha value is -2.09. The molecule has 5 aliphatic rings. The number of unbranched alkanes of at least 4 members (excludes halogenated alkanes) is 5. The summed E-state index contributed by atoms with van der Waals surface area (Å²) in [5.74, 6) is 2.65. The zero-order valence-electron chi connectivity index (χ0n) is 37.6. The zero-order chi connectivity index (χ0) is 41.5. The Balaban J connectivity index is 1.10. The second kappa shape index (κ2) is 16.9. The second-order valence-electron chi connectivity index (χ2n) is 22.3. The topological polar surface area (TPSA) is 117 Å². The van der Waals surface area contributed by atoms with Crippen LogP contribution >= 0.6 is 0 Å². The van der Waals surface area contributed by atoms with Gasteiger partial charge in [-0.2, -0.15) is 0 Å². The van der Waals surface area contributed by atoms with Crippen LogP contribution in [-0.2, 0) is 14.3 Å². The summed E-state index contributed by atoms with van der Waals surface area (Å²) in [6, 6.07) is -0.628. The summed E-state index contributed by atoms with van der Waals surface area (Å²) in [6.45, 7) is 29.9. The molecule has 0 aliphatic heterocycles. The van der Waals surface area contributed by atoms with E-state index in [1.807, 2.05) is 34.6 Å². The van der Waals surface area contributed by atoms with Crippen LogP contribution < -0.4 is 16.0 Å². The highest BCUT2D eigenvalue weighted by Crippen LogP contribution is 2.77. The third-order valence-electron chi connectivity index (χ3n) is 17.3. The Kier molecular flexibility index (Phi) is 13.6. The lowest BCUT2D eigenvalue weighted by molar-refractivity contribution is -0.246. The molecule has 0 spiro atoms. The van der Waals surface area contributed by atoms with Crippen LogP contribution in [0.1, 0.15) is 179 Å². The van der Waals surface area contributed by atoms with Crippen molar-refractivity contribution >= 4 is 17.9 Å². The molecular weight excluding hydrogens is 699 g/mol. The number of amides is 3. The van der Waals surface area contributed by atoms with Gasteiger partial charge in [0.1, 0.15) is 11.6 Å². The molecule has 11 atom stereocenters. The number of hydrogen-bond acceptors (Lipinski definition) is 5. The Morgan fingerprint density at radius 1 is 0.768 bits per heavy atom. The van der Waals surface area contributed by atoms with E-state index in [0.29, 0.717) is 42.0 Å². The minimum absolute atomic E-state index is 0.0381. The van der Waals surface area contributed by atoms with Gasteiger partial charge >= 0.3 is 6.09 Å². The van der Waals surface area contributed by atoms with E-state index in [4.69, 9.17) is 4.74 Å². The van der Waals surface area contributed by atoms with Gasteiger partial charge in [-0.05, 0) is 162 Å². The summed E-state index contributed by atoms with van der Waals surface area (Å²) >= 11 is 0. The molecule has 0 radical (unpaired) electrons. The molecule has 3 amide bonds.